The summed E-state index contributed by atoms with van der Waals surface area (Å²) >= 11 is 11.1. The van der Waals surface area contributed by atoms with Crippen molar-refractivity contribution in [2.24, 2.45) is 0 Å². The van der Waals surface area contributed by atoms with Crippen LogP contribution < -0.4 is 19.7 Å². The predicted octanol–water partition coefficient (Wildman–Crippen LogP) is 4.90. The predicted molar refractivity (Wildman–Crippen MR) is 131 cm³/mol. The van der Waals surface area contributed by atoms with Crippen molar-refractivity contribution in [3.63, 3.8) is 0 Å². The summed E-state index contributed by atoms with van der Waals surface area (Å²) in [5.74, 6) is -0.625. The van der Waals surface area contributed by atoms with E-state index in [9.17, 15) is 14.0 Å². The number of carbonyl (C=O) groups is 2. The summed E-state index contributed by atoms with van der Waals surface area (Å²) in [6.45, 7) is 0.214. The molecule has 0 aliphatic carbocycles. The Bertz CT molecular complexity index is 1290. The van der Waals surface area contributed by atoms with Crippen molar-refractivity contribution in [2.75, 3.05) is 12.0 Å². The first kappa shape index (κ1) is 23.4. The molecular formula is C25H18ClFN2O4S. The molecule has 0 spiro atoms. The fourth-order valence-corrected chi connectivity index (χ4v) is 3.69. The van der Waals surface area contributed by atoms with E-state index in [2.05, 4.69) is 5.32 Å². The zero-order valence-electron chi connectivity index (χ0n) is 17.9. The Balaban J connectivity index is 1.58. The third-order valence-electron chi connectivity index (χ3n) is 4.99. The van der Waals surface area contributed by atoms with Gasteiger partial charge in [-0.25, -0.2) is 4.39 Å². The first-order chi connectivity index (χ1) is 16.4. The summed E-state index contributed by atoms with van der Waals surface area (Å²) in [5.41, 5.74) is 1.73. The van der Waals surface area contributed by atoms with Gasteiger partial charge < -0.3 is 9.47 Å². The molecular weight excluding hydrogens is 479 g/mol. The van der Waals surface area contributed by atoms with Gasteiger partial charge in [-0.15, -0.1) is 0 Å². The van der Waals surface area contributed by atoms with E-state index in [-0.39, 0.29) is 23.1 Å². The first-order valence-corrected chi connectivity index (χ1v) is 10.9. The number of hydrogen-bond donors (Lipinski definition) is 1. The second-order valence-corrected chi connectivity index (χ2v) is 8.08. The molecule has 6 nitrogen and oxygen atoms in total. The van der Waals surface area contributed by atoms with E-state index in [1.807, 2.05) is 0 Å². The highest BCUT2D eigenvalue weighted by Gasteiger charge is 2.34. The van der Waals surface area contributed by atoms with E-state index < -0.39 is 11.8 Å². The SMILES string of the molecule is COc1cc(/C=C2\C(=O)NC(=S)N(c3ccc(Cl)cc3)C2=O)ccc1OCc1ccc(F)cc1. The van der Waals surface area contributed by atoms with Gasteiger partial charge in [0.1, 0.15) is 18.0 Å². The molecule has 1 aliphatic heterocycles. The monoisotopic (exact) mass is 496 g/mol. The van der Waals surface area contributed by atoms with Gasteiger partial charge in [-0.3, -0.25) is 19.8 Å². The van der Waals surface area contributed by atoms with Crippen LogP contribution >= 0.6 is 23.8 Å². The zero-order valence-corrected chi connectivity index (χ0v) is 19.5. The summed E-state index contributed by atoms with van der Waals surface area (Å²) in [7, 11) is 1.48. The van der Waals surface area contributed by atoms with E-state index >= 15 is 0 Å². The van der Waals surface area contributed by atoms with Crippen LogP contribution in [0.15, 0.2) is 72.3 Å². The Kier molecular flexibility index (Phi) is 6.90. The Morgan fingerprint density at radius 3 is 2.41 bits per heavy atom. The van der Waals surface area contributed by atoms with Crippen LogP contribution in [0.1, 0.15) is 11.1 Å². The van der Waals surface area contributed by atoms with Crippen LogP contribution in [0.5, 0.6) is 11.5 Å². The van der Waals surface area contributed by atoms with Crippen LogP contribution in [0, 0.1) is 5.82 Å². The Morgan fingerprint density at radius 1 is 1.03 bits per heavy atom. The molecule has 1 saturated heterocycles. The van der Waals surface area contributed by atoms with Crippen LogP contribution in [-0.2, 0) is 16.2 Å². The number of halogens is 2. The van der Waals surface area contributed by atoms with E-state index in [0.717, 1.165) is 5.56 Å². The first-order valence-electron chi connectivity index (χ1n) is 10.1. The summed E-state index contributed by atoms with van der Waals surface area (Å²) in [6, 6.07) is 17.5. The number of nitrogens with zero attached hydrogens (tertiary/aromatic N) is 1. The fourth-order valence-electron chi connectivity index (χ4n) is 3.28. The van der Waals surface area contributed by atoms with Crippen LogP contribution in [0.25, 0.3) is 6.08 Å². The van der Waals surface area contributed by atoms with Gasteiger partial charge in [0.05, 0.1) is 12.8 Å². The molecule has 1 aliphatic rings. The van der Waals surface area contributed by atoms with Crippen molar-refractivity contribution in [1.82, 2.24) is 5.32 Å². The number of nitrogens with one attached hydrogen (secondary N) is 1. The van der Waals surface area contributed by atoms with Gasteiger partial charge >= 0.3 is 0 Å². The lowest BCUT2D eigenvalue weighted by molar-refractivity contribution is -0.122. The number of anilines is 1. The van der Waals surface area contributed by atoms with Gasteiger partial charge in [-0.2, -0.15) is 0 Å². The number of thiocarbonyl (C=S) groups is 1. The van der Waals surface area contributed by atoms with Crippen LogP contribution in [0.3, 0.4) is 0 Å². The summed E-state index contributed by atoms with van der Waals surface area (Å²) in [6.07, 6.45) is 1.45. The molecule has 4 rings (SSSR count). The average Bonchev–Trinajstić information content (AvgIpc) is 2.83. The number of benzene rings is 3. The number of amides is 2. The molecule has 0 radical (unpaired) electrons. The van der Waals surface area contributed by atoms with Crippen molar-refractivity contribution in [3.8, 4) is 11.5 Å². The lowest BCUT2D eigenvalue weighted by Gasteiger charge is -2.29. The molecule has 172 valence electrons. The third-order valence-corrected chi connectivity index (χ3v) is 5.53. The maximum atomic E-state index is 13.1. The standard InChI is InChI=1S/C25H18ClFN2O4S/c1-32-22-13-16(4-11-21(22)33-14-15-2-7-18(27)8-3-15)12-20-23(30)28-25(34)29(24(20)31)19-9-5-17(26)6-10-19/h2-13H,14H2,1H3,(H,28,30,34)/b20-12+. The molecule has 0 unspecified atom stereocenters. The smallest absolute Gasteiger partial charge is 0.270 e. The zero-order chi connectivity index (χ0) is 24.2. The topological polar surface area (TPSA) is 67.9 Å². The van der Waals surface area contributed by atoms with Crippen LogP contribution in [0.4, 0.5) is 10.1 Å². The van der Waals surface area contributed by atoms with Gasteiger partial charge in [-0.1, -0.05) is 29.8 Å². The minimum absolute atomic E-state index is 0.0170. The minimum Gasteiger partial charge on any atom is -0.493 e. The lowest BCUT2D eigenvalue weighted by Crippen LogP contribution is -2.54. The maximum Gasteiger partial charge on any atom is 0.270 e. The number of methoxy groups -OCH3 is 1. The van der Waals surface area contributed by atoms with E-state index in [4.69, 9.17) is 33.3 Å². The molecule has 0 bridgehead atoms. The highest BCUT2D eigenvalue weighted by Crippen LogP contribution is 2.30. The number of carbonyl (C=O) groups excluding carboxylic acids is 2. The highest BCUT2D eigenvalue weighted by atomic mass is 35.5. The maximum absolute atomic E-state index is 13.1. The molecule has 3 aromatic carbocycles. The molecule has 2 amide bonds. The lowest BCUT2D eigenvalue weighted by atomic mass is 10.1. The van der Waals surface area contributed by atoms with E-state index in [1.165, 1.54) is 30.2 Å². The molecule has 9 heteroatoms. The fraction of sp³-hybridized carbons (Fsp3) is 0.0800. The largest absolute Gasteiger partial charge is 0.493 e. The van der Waals surface area contributed by atoms with Crippen molar-refractivity contribution < 1.29 is 23.5 Å². The van der Waals surface area contributed by atoms with Crippen molar-refractivity contribution in [2.45, 2.75) is 6.61 Å². The Morgan fingerprint density at radius 2 is 1.74 bits per heavy atom. The van der Waals surface area contributed by atoms with Gasteiger partial charge in [0.2, 0.25) is 0 Å². The molecule has 1 N–H and O–H groups in total. The van der Waals surface area contributed by atoms with E-state index in [1.54, 1.807) is 54.6 Å². The van der Waals surface area contributed by atoms with Gasteiger partial charge in [0, 0.05) is 5.02 Å². The molecule has 1 heterocycles. The third kappa shape index (κ3) is 5.08. The van der Waals surface area contributed by atoms with Gasteiger partial charge in [0.25, 0.3) is 11.8 Å². The second kappa shape index (κ2) is 10.0. The number of ether oxygens (including phenoxy) is 2. The van der Waals surface area contributed by atoms with Gasteiger partial charge in [-0.05, 0) is 78.0 Å². The van der Waals surface area contributed by atoms with E-state index in [0.29, 0.717) is 27.8 Å². The number of hydrogen-bond acceptors (Lipinski definition) is 5. The van der Waals surface area contributed by atoms with Gasteiger partial charge in [0.15, 0.2) is 16.6 Å². The Hall–Kier alpha value is -3.75. The Labute approximate surface area is 205 Å². The molecule has 0 aromatic heterocycles. The minimum atomic E-state index is -0.601. The summed E-state index contributed by atoms with van der Waals surface area (Å²) in [5, 5.41) is 3.03. The summed E-state index contributed by atoms with van der Waals surface area (Å²) in [4.78, 5) is 26.9. The molecule has 1 fully saturated rings. The normalized spacial score (nSPS) is 14.9. The quantitative estimate of drug-likeness (QED) is 0.299. The molecule has 3 aromatic rings. The number of rotatable bonds is 6. The summed E-state index contributed by atoms with van der Waals surface area (Å²) < 4.78 is 24.3. The highest BCUT2D eigenvalue weighted by molar-refractivity contribution is 7.80. The average molecular weight is 497 g/mol. The molecule has 0 atom stereocenters. The van der Waals surface area contributed by atoms with Crippen molar-refractivity contribution in [1.29, 1.82) is 0 Å². The van der Waals surface area contributed by atoms with Crippen LogP contribution in [0.2, 0.25) is 5.02 Å². The molecule has 0 saturated carbocycles. The second-order valence-electron chi connectivity index (χ2n) is 7.26. The van der Waals surface area contributed by atoms with Crippen molar-refractivity contribution in [3.05, 3.63) is 94.3 Å². The molecule has 34 heavy (non-hydrogen) atoms. The van der Waals surface area contributed by atoms with Crippen LogP contribution in [-0.4, -0.2) is 24.0 Å². The van der Waals surface area contributed by atoms with Crippen molar-refractivity contribution >= 4 is 52.5 Å².